The van der Waals surface area contributed by atoms with Gasteiger partial charge < -0.3 is 0 Å². The largest absolute Gasteiger partial charge is 0.0990 e. The van der Waals surface area contributed by atoms with Gasteiger partial charge in [-0.2, -0.15) is 0 Å². The van der Waals surface area contributed by atoms with E-state index < -0.39 is 0 Å². The Morgan fingerprint density at radius 1 is 1.80 bits per heavy atom. The van der Waals surface area contributed by atoms with Crippen LogP contribution in [0.15, 0.2) is 12.2 Å². The fourth-order valence-electron chi connectivity index (χ4n) is 2.33. The lowest BCUT2D eigenvalue weighted by atomic mass is 9.73. The van der Waals surface area contributed by atoms with E-state index in [1.54, 1.807) is 0 Å². The minimum atomic E-state index is -0.351. The lowest BCUT2D eigenvalue weighted by Crippen LogP contribution is -2.21. The van der Waals surface area contributed by atoms with Crippen LogP contribution in [0.4, 0.5) is 0 Å². The summed E-state index contributed by atoms with van der Waals surface area (Å²) in [6.45, 7) is 6.46. The van der Waals surface area contributed by atoms with Gasteiger partial charge in [0, 0.05) is 2.74 Å². The van der Waals surface area contributed by atoms with E-state index in [-0.39, 0.29) is 11.3 Å². The van der Waals surface area contributed by atoms with E-state index >= 15 is 0 Å². The number of allylic oxidation sites excluding steroid dienone is 1. The van der Waals surface area contributed by atoms with Gasteiger partial charge in [-0.05, 0) is 36.5 Å². The van der Waals surface area contributed by atoms with E-state index in [1.807, 2.05) is 0 Å². The second-order valence-electron chi connectivity index (χ2n) is 3.90. The first-order chi connectivity index (χ1) is 5.53. The van der Waals surface area contributed by atoms with Gasteiger partial charge in [-0.1, -0.05) is 26.0 Å². The quantitative estimate of drug-likeness (QED) is 0.451. The van der Waals surface area contributed by atoms with Crippen LogP contribution in [0.3, 0.4) is 0 Å². The van der Waals surface area contributed by atoms with E-state index in [4.69, 9.17) is 2.74 Å². The van der Waals surface area contributed by atoms with Crippen molar-refractivity contribution in [2.24, 2.45) is 17.2 Å². The molecule has 0 heterocycles. The highest BCUT2D eigenvalue weighted by atomic mass is 14.5. The van der Waals surface area contributed by atoms with Crippen molar-refractivity contribution in [1.82, 2.24) is 0 Å². The van der Waals surface area contributed by atoms with Gasteiger partial charge in [-0.25, -0.2) is 0 Å². The van der Waals surface area contributed by atoms with Crippen molar-refractivity contribution in [3.63, 3.8) is 0 Å². The van der Waals surface area contributed by atoms with Crippen molar-refractivity contribution in [1.29, 1.82) is 0 Å². The Balaban J connectivity index is 2.41. The molecule has 0 aliphatic heterocycles. The third-order valence-electron chi connectivity index (χ3n) is 3.27. The Morgan fingerprint density at radius 3 is 3.00 bits per heavy atom. The summed E-state index contributed by atoms with van der Waals surface area (Å²) in [6, 6.07) is 0. The summed E-state index contributed by atoms with van der Waals surface area (Å²) >= 11 is 0. The van der Waals surface area contributed by atoms with Gasteiger partial charge >= 0.3 is 0 Å². The molecule has 0 amide bonds. The first-order valence-electron chi connectivity index (χ1n) is 5.23. The molecule has 3 atom stereocenters. The maximum atomic E-state index is 8.27. The molecule has 2 saturated carbocycles. The molecular weight excluding hydrogens is 120 g/mol. The Kier molecular flexibility index (Phi) is 0.763. The third kappa shape index (κ3) is 0.574. The summed E-state index contributed by atoms with van der Waals surface area (Å²) in [5, 5.41) is 0. The average molecular weight is 138 g/mol. The van der Waals surface area contributed by atoms with Crippen molar-refractivity contribution in [2.75, 3.05) is 0 Å². The summed E-state index contributed by atoms with van der Waals surface area (Å²) in [5.41, 5.74) is 0.967. The van der Waals surface area contributed by atoms with E-state index in [1.165, 1.54) is 5.57 Å². The van der Waals surface area contributed by atoms with Crippen LogP contribution in [0.5, 0.6) is 0 Å². The molecule has 2 aliphatic rings. The zero-order valence-corrected chi connectivity index (χ0v) is 6.61. The van der Waals surface area contributed by atoms with Crippen LogP contribution < -0.4 is 0 Å². The van der Waals surface area contributed by atoms with Crippen molar-refractivity contribution >= 4 is 0 Å². The molecule has 0 heteroatoms. The van der Waals surface area contributed by atoms with E-state index in [2.05, 4.69) is 13.5 Å². The number of fused-ring (bicyclic) bond motifs is 2. The van der Waals surface area contributed by atoms with Gasteiger partial charge in [0.05, 0.1) is 0 Å². The normalized spacial score (nSPS) is 62.5. The number of rotatable bonds is 0. The highest BCUT2D eigenvalue weighted by molar-refractivity contribution is 5.22. The van der Waals surface area contributed by atoms with E-state index in [0.29, 0.717) is 12.8 Å². The van der Waals surface area contributed by atoms with Crippen LogP contribution in [0.25, 0.3) is 0 Å². The highest BCUT2D eigenvalue weighted by Crippen LogP contribution is 2.58. The molecule has 2 aliphatic carbocycles. The second kappa shape index (κ2) is 1.66. The molecule has 3 unspecified atom stereocenters. The molecule has 2 fully saturated rings. The van der Waals surface area contributed by atoms with Crippen molar-refractivity contribution < 1.29 is 2.74 Å². The predicted molar refractivity (Wildman–Crippen MR) is 43.8 cm³/mol. The molecule has 0 nitrogen and oxygen atoms in total. The molecule has 2 bridgehead atoms. The van der Waals surface area contributed by atoms with Crippen LogP contribution in [0.1, 0.15) is 35.8 Å². The van der Waals surface area contributed by atoms with Crippen molar-refractivity contribution in [3.05, 3.63) is 12.2 Å². The van der Waals surface area contributed by atoms with Crippen molar-refractivity contribution in [2.45, 2.75) is 33.1 Å². The molecule has 0 aromatic carbocycles. The first-order valence-corrected chi connectivity index (χ1v) is 4.02. The van der Waals surface area contributed by atoms with Crippen LogP contribution in [-0.4, -0.2) is 0 Å². The zero-order valence-electron chi connectivity index (χ0n) is 8.61. The standard InChI is InChI=1S/C10H16/c1-7-8-4-5-9(6-8)10(7,2)3/h8-9H,1,4-6H2,2-3H3/i2D,9D. The summed E-state index contributed by atoms with van der Waals surface area (Å²) in [6.07, 6.45) is 3.07. The second-order valence-corrected chi connectivity index (χ2v) is 3.90. The van der Waals surface area contributed by atoms with Gasteiger partial charge in [-0.3, -0.25) is 0 Å². The molecule has 0 spiro atoms. The van der Waals surface area contributed by atoms with Crippen LogP contribution in [-0.2, 0) is 0 Å². The van der Waals surface area contributed by atoms with Gasteiger partial charge in [0.15, 0.2) is 0 Å². The summed E-state index contributed by atoms with van der Waals surface area (Å²) in [4.78, 5) is 0. The molecule has 0 saturated heterocycles. The molecule has 0 aromatic rings. The average Bonchev–Trinajstić information content (AvgIpc) is 2.52. The Labute approximate surface area is 66.1 Å². The van der Waals surface area contributed by atoms with Crippen molar-refractivity contribution in [3.8, 4) is 0 Å². The fourth-order valence-corrected chi connectivity index (χ4v) is 2.33. The van der Waals surface area contributed by atoms with Gasteiger partial charge in [0.2, 0.25) is 0 Å². The topological polar surface area (TPSA) is 0 Å². The van der Waals surface area contributed by atoms with Crippen LogP contribution in [0, 0.1) is 17.2 Å². The van der Waals surface area contributed by atoms with Crippen LogP contribution in [0.2, 0.25) is 0 Å². The van der Waals surface area contributed by atoms with E-state index in [9.17, 15) is 0 Å². The lowest BCUT2D eigenvalue weighted by Gasteiger charge is -2.31. The molecule has 10 heavy (non-hydrogen) atoms. The lowest BCUT2D eigenvalue weighted by molar-refractivity contribution is 0.289. The maximum absolute atomic E-state index is 8.27. The smallest absolute Gasteiger partial charge is 0.0312 e. The molecule has 0 aromatic heterocycles. The minimum Gasteiger partial charge on any atom is -0.0990 e. The molecule has 0 radical (unpaired) electrons. The third-order valence-corrected chi connectivity index (χ3v) is 3.27. The predicted octanol–water partition coefficient (Wildman–Crippen LogP) is 3.00. The Morgan fingerprint density at radius 2 is 2.60 bits per heavy atom. The van der Waals surface area contributed by atoms with Gasteiger partial charge in [-0.15, -0.1) is 0 Å². The minimum absolute atomic E-state index is 0.212. The van der Waals surface area contributed by atoms with Crippen LogP contribution >= 0.6 is 0 Å². The summed E-state index contributed by atoms with van der Waals surface area (Å²) in [7, 11) is 0. The van der Waals surface area contributed by atoms with Gasteiger partial charge in [0.1, 0.15) is 0 Å². The Hall–Kier alpha value is -0.260. The molecule has 0 N–H and O–H groups in total. The molecule has 2 rings (SSSR count). The number of hydrogen-bond acceptors (Lipinski definition) is 0. The van der Waals surface area contributed by atoms with E-state index in [0.717, 1.165) is 19.3 Å². The Bertz CT molecular complexity index is 236. The monoisotopic (exact) mass is 138 g/mol. The molecule has 56 valence electrons. The SMILES string of the molecule is [2H]CC1(C)C(=C)C2CCC1([2H])C2. The summed E-state index contributed by atoms with van der Waals surface area (Å²) < 4.78 is 15.8. The fraction of sp³-hybridized carbons (Fsp3) is 0.800. The highest BCUT2D eigenvalue weighted by Gasteiger charge is 2.47. The maximum Gasteiger partial charge on any atom is 0.0312 e. The first kappa shape index (κ1) is 4.58. The van der Waals surface area contributed by atoms with Gasteiger partial charge in [0.25, 0.3) is 0 Å². The molecular formula is C10H16. The zero-order chi connectivity index (χ0) is 8.98. The number of hydrogen-bond donors (Lipinski definition) is 0. The summed E-state index contributed by atoms with van der Waals surface area (Å²) in [5.74, 6) is 0.203.